The molecule has 7 heteroatoms. The van der Waals surface area contributed by atoms with Crippen molar-refractivity contribution in [2.45, 2.75) is 19.4 Å². The van der Waals surface area contributed by atoms with Gasteiger partial charge in [0.25, 0.3) is 0 Å². The molecule has 1 aliphatic heterocycles. The summed E-state index contributed by atoms with van der Waals surface area (Å²) < 4.78 is 11.9. The maximum atomic E-state index is 5.97. The van der Waals surface area contributed by atoms with Crippen LogP contribution in [0, 0.1) is 5.92 Å². The second-order valence-electron chi connectivity index (χ2n) is 5.69. The Labute approximate surface area is 147 Å². The lowest BCUT2D eigenvalue weighted by molar-refractivity contribution is 0.0887. The molecule has 0 aliphatic carbocycles. The number of aliphatic imine (C=N–C) groups is 1. The standard InChI is InChI=1S/C16H26ClN3O2S/c1-18-16(20(2)10-14-4-5-15(17)23-14)19-7-3-8-21-11-13-6-9-22-12-13/h4-5,13H,3,6-12H2,1-2H3,(H,18,19). The molecule has 1 aliphatic rings. The molecular weight excluding hydrogens is 334 g/mol. The number of hydrogen-bond acceptors (Lipinski definition) is 4. The molecule has 1 aromatic rings. The third-order valence-electron chi connectivity index (χ3n) is 3.72. The van der Waals surface area contributed by atoms with Gasteiger partial charge in [0.2, 0.25) is 0 Å². The maximum absolute atomic E-state index is 5.97. The molecule has 1 aromatic heterocycles. The molecule has 1 saturated heterocycles. The van der Waals surface area contributed by atoms with Gasteiger partial charge in [-0.25, -0.2) is 0 Å². The third-order valence-corrected chi connectivity index (χ3v) is 4.94. The highest BCUT2D eigenvalue weighted by molar-refractivity contribution is 7.16. The van der Waals surface area contributed by atoms with Gasteiger partial charge in [0.05, 0.1) is 24.1 Å². The van der Waals surface area contributed by atoms with E-state index in [1.54, 1.807) is 18.4 Å². The van der Waals surface area contributed by atoms with Crippen LogP contribution in [0.4, 0.5) is 0 Å². The summed E-state index contributed by atoms with van der Waals surface area (Å²) in [6.07, 6.45) is 2.09. The lowest BCUT2D eigenvalue weighted by Gasteiger charge is -2.21. The number of nitrogens with zero attached hydrogens (tertiary/aromatic N) is 2. The number of halogens is 1. The van der Waals surface area contributed by atoms with Gasteiger partial charge in [-0.3, -0.25) is 4.99 Å². The van der Waals surface area contributed by atoms with E-state index in [4.69, 9.17) is 21.1 Å². The van der Waals surface area contributed by atoms with Crippen LogP contribution in [0.25, 0.3) is 0 Å². The Bertz CT molecular complexity index is 489. The average Bonchev–Trinajstić information content (AvgIpc) is 3.18. The lowest BCUT2D eigenvalue weighted by Crippen LogP contribution is -2.39. The minimum absolute atomic E-state index is 0.583. The maximum Gasteiger partial charge on any atom is 0.193 e. The van der Waals surface area contributed by atoms with Crippen molar-refractivity contribution in [2.24, 2.45) is 10.9 Å². The number of rotatable bonds is 8. The Morgan fingerprint density at radius 3 is 3.09 bits per heavy atom. The van der Waals surface area contributed by atoms with Gasteiger partial charge in [0.15, 0.2) is 5.96 Å². The van der Waals surface area contributed by atoms with Crippen LogP contribution in [-0.2, 0) is 16.0 Å². The molecule has 0 aromatic carbocycles. The Balaban J connectivity index is 1.58. The highest BCUT2D eigenvalue weighted by Crippen LogP contribution is 2.22. The van der Waals surface area contributed by atoms with Crippen LogP contribution in [-0.4, -0.2) is 57.9 Å². The topological polar surface area (TPSA) is 46.1 Å². The fourth-order valence-electron chi connectivity index (χ4n) is 2.47. The number of ether oxygens (including phenoxy) is 2. The van der Waals surface area contributed by atoms with Gasteiger partial charge in [-0.2, -0.15) is 0 Å². The largest absolute Gasteiger partial charge is 0.381 e. The van der Waals surface area contributed by atoms with Crippen molar-refractivity contribution in [1.29, 1.82) is 0 Å². The van der Waals surface area contributed by atoms with Crippen LogP contribution in [0.1, 0.15) is 17.7 Å². The van der Waals surface area contributed by atoms with Gasteiger partial charge in [-0.15, -0.1) is 11.3 Å². The lowest BCUT2D eigenvalue weighted by atomic mass is 10.1. The molecule has 130 valence electrons. The fourth-order valence-corrected chi connectivity index (χ4v) is 3.61. The van der Waals surface area contributed by atoms with Crippen molar-refractivity contribution in [3.05, 3.63) is 21.3 Å². The van der Waals surface area contributed by atoms with Crippen molar-refractivity contribution in [3.8, 4) is 0 Å². The van der Waals surface area contributed by atoms with E-state index in [0.29, 0.717) is 5.92 Å². The van der Waals surface area contributed by atoms with E-state index in [9.17, 15) is 0 Å². The molecule has 0 saturated carbocycles. The molecule has 2 heterocycles. The minimum atomic E-state index is 0.583. The molecule has 0 bridgehead atoms. The first-order chi connectivity index (χ1) is 11.2. The van der Waals surface area contributed by atoms with Gasteiger partial charge >= 0.3 is 0 Å². The van der Waals surface area contributed by atoms with Crippen molar-refractivity contribution >= 4 is 28.9 Å². The first-order valence-corrected chi connectivity index (χ1v) is 9.20. The van der Waals surface area contributed by atoms with Crippen LogP contribution < -0.4 is 5.32 Å². The zero-order chi connectivity index (χ0) is 16.5. The predicted molar refractivity (Wildman–Crippen MR) is 96.5 cm³/mol. The molecule has 0 spiro atoms. The number of hydrogen-bond donors (Lipinski definition) is 1. The summed E-state index contributed by atoms with van der Waals surface area (Å²) in [5, 5.41) is 3.37. The molecule has 5 nitrogen and oxygen atoms in total. The number of nitrogens with one attached hydrogen (secondary N) is 1. The van der Waals surface area contributed by atoms with Crippen LogP contribution in [0.2, 0.25) is 4.34 Å². The second kappa shape index (κ2) is 10.1. The molecule has 1 unspecified atom stereocenters. The Morgan fingerprint density at radius 1 is 1.57 bits per heavy atom. The van der Waals surface area contributed by atoms with E-state index in [1.807, 2.05) is 13.1 Å². The van der Waals surface area contributed by atoms with Crippen LogP contribution >= 0.6 is 22.9 Å². The molecule has 1 fully saturated rings. The number of thiophene rings is 1. The molecule has 1 N–H and O–H groups in total. The van der Waals surface area contributed by atoms with Gasteiger partial charge < -0.3 is 19.7 Å². The van der Waals surface area contributed by atoms with Gasteiger partial charge in [0, 0.05) is 44.6 Å². The molecule has 2 rings (SSSR count). The highest BCUT2D eigenvalue weighted by Gasteiger charge is 2.15. The Kier molecular flexibility index (Phi) is 8.16. The molecule has 23 heavy (non-hydrogen) atoms. The van der Waals surface area contributed by atoms with Crippen molar-refractivity contribution in [3.63, 3.8) is 0 Å². The van der Waals surface area contributed by atoms with E-state index in [-0.39, 0.29) is 0 Å². The summed E-state index contributed by atoms with van der Waals surface area (Å²) in [5.41, 5.74) is 0. The minimum Gasteiger partial charge on any atom is -0.381 e. The fraction of sp³-hybridized carbons (Fsp3) is 0.688. The van der Waals surface area contributed by atoms with Gasteiger partial charge in [0.1, 0.15) is 0 Å². The summed E-state index contributed by atoms with van der Waals surface area (Å²) in [5.74, 6) is 1.47. The van der Waals surface area contributed by atoms with Crippen LogP contribution in [0.3, 0.4) is 0 Å². The zero-order valence-electron chi connectivity index (χ0n) is 13.9. The normalized spacial score (nSPS) is 18.4. The van der Waals surface area contributed by atoms with Crippen molar-refractivity contribution in [1.82, 2.24) is 10.2 Å². The van der Waals surface area contributed by atoms with E-state index >= 15 is 0 Å². The van der Waals surface area contributed by atoms with E-state index in [0.717, 1.165) is 62.7 Å². The first kappa shape index (κ1) is 18.5. The molecule has 0 radical (unpaired) electrons. The molecular formula is C16H26ClN3O2S. The zero-order valence-corrected chi connectivity index (χ0v) is 15.5. The SMILES string of the molecule is CN=C(NCCCOCC1CCOC1)N(C)Cc1ccc(Cl)s1. The summed E-state index contributed by atoms with van der Waals surface area (Å²) in [4.78, 5) is 7.64. The Morgan fingerprint density at radius 2 is 2.43 bits per heavy atom. The predicted octanol–water partition coefficient (Wildman–Crippen LogP) is 2.85. The van der Waals surface area contributed by atoms with Crippen LogP contribution in [0.15, 0.2) is 17.1 Å². The summed E-state index contributed by atoms with van der Waals surface area (Å²) >= 11 is 7.57. The number of guanidine groups is 1. The van der Waals surface area contributed by atoms with Crippen molar-refractivity contribution in [2.75, 3.05) is 47.1 Å². The second-order valence-corrected chi connectivity index (χ2v) is 7.49. The quantitative estimate of drug-likeness (QED) is 0.440. The summed E-state index contributed by atoms with van der Waals surface area (Å²) in [6, 6.07) is 3.98. The monoisotopic (exact) mass is 359 g/mol. The summed E-state index contributed by atoms with van der Waals surface area (Å²) in [6.45, 7) is 4.97. The van der Waals surface area contributed by atoms with E-state index in [2.05, 4.69) is 21.3 Å². The van der Waals surface area contributed by atoms with E-state index < -0.39 is 0 Å². The van der Waals surface area contributed by atoms with E-state index in [1.165, 1.54) is 4.88 Å². The smallest absolute Gasteiger partial charge is 0.193 e. The van der Waals surface area contributed by atoms with Gasteiger partial charge in [-0.05, 0) is 25.0 Å². The van der Waals surface area contributed by atoms with Crippen LogP contribution in [0.5, 0.6) is 0 Å². The molecule has 0 amide bonds. The molecule has 1 atom stereocenters. The Hall–Kier alpha value is -0.820. The average molecular weight is 360 g/mol. The summed E-state index contributed by atoms with van der Waals surface area (Å²) in [7, 11) is 3.83. The van der Waals surface area contributed by atoms with Gasteiger partial charge in [-0.1, -0.05) is 11.6 Å². The van der Waals surface area contributed by atoms with Crippen molar-refractivity contribution < 1.29 is 9.47 Å². The highest BCUT2D eigenvalue weighted by atomic mass is 35.5. The third kappa shape index (κ3) is 6.67. The first-order valence-electron chi connectivity index (χ1n) is 8.00.